The minimum absolute atomic E-state index is 0. The molecular formula is C16H23ClN2O2. The summed E-state index contributed by atoms with van der Waals surface area (Å²) >= 11 is 0. The smallest absolute Gasteiger partial charge is 0.316 e. The summed E-state index contributed by atoms with van der Waals surface area (Å²) in [6.45, 7) is 6.45. The molecule has 0 radical (unpaired) electrons. The summed E-state index contributed by atoms with van der Waals surface area (Å²) in [5.74, 6) is 0.417. The number of carbonyl (C=O) groups excluding carboxylic acids is 1. The number of carbonyl (C=O) groups is 1. The molecule has 0 spiro atoms. The number of rotatable bonds is 4. The van der Waals surface area contributed by atoms with Crippen LogP contribution < -0.4 is 10.1 Å². The lowest BCUT2D eigenvalue weighted by Gasteiger charge is -2.17. The minimum atomic E-state index is -0.510. The number of ether oxygens (including phenoxy) is 1. The van der Waals surface area contributed by atoms with Crippen molar-refractivity contribution in [2.75, 3.05) is 13.6 Å². The lowest BCUT2D eigenvalue weighted by molar-refractivity contribution is -0.142. The predicted octanol–water partition coefficient (Wildman–Crippen LogP) is 3.30. The van der Waals surface area contributed by atoms with E-state index in [9.17, 15) is 4.79 Å². The van der Waals surface area contributed by atoms with Crippen LogP contribution in [-0.2, 0) is 11.2 Å². The fraction of sp³-hybridized carbons (Fsp3) is 0.438. The maximum absolute atomic E-state index is 12.1. The highest BCUT2D eigenvalue weighted by molar-refractivity contribution is 5.92. The van der Waals surface area contributed by atoms with Gasteiger partial charge in [0, 0.05) is 17.1 Å². The number of hydrogen-bond donors (Lipinski definition) is 2. The van der Waals surface area contributed by atoms with Gasteiger partial charge in [-0.3, -0.25) is 4.79 Å². The quantitative estimate of drug-likeness (QED) is 0.673. The first-order valence-electron chi connectivity index (χ1n) is 6.89. The van der Waals surface area contributed by atoms with E-state index >= 15 is 0 Å². The molecule has 0 aliphatic rings. The van der Waals surface area contributed by atoms with Crippen molar-refractivity contribution in [3.05, 3.63) is 30.0 Å². The largest absolute Gasteiger partial charge is 0.425 e. The summed E-state index contributed by atoms with van der Waals surface area (Å²) in [6, 6.07) is 5.74. The third-order valence-electron chi connectivity index (χ3n) is 3.21. The molecule has 2 aromatic rings. The number of hydrogen-bond acceptors (Lipinski definition) is 3. The normalized spacial score (nSPS) is 11.2. The summed E-state index contributed by atoms with van der Waals surface area (Å²) in [7, 11) is 1.93. The van der Waals surface area contributed by atoms with Gasteiger partial charge in [0.15, 0.2) is 0 Å². The van der Waals surface area contributed by atoms with Gasteiger partial charge < -0.3 is 15.0 Å². The first-order valence-corrected chi connectivity index (χ1v) is 6.89. The molecule has 0 unspecified atom stereocenters. The SMILES string of the molecule is CNCCc1c[nH]c2cccc(OC(=O)C(C)(C)C)c12.Cl. The first kappa shape index (κ1) is 17.5. The van der Waals surface area contributed by atoms with Crippen LogP contribution in [0.1, 0.15) is 26.3 Å². The van der Waals surface area contributed by atoms with Gasteiger partial charge in [-0.1, -0.05) is 6.07 Å². The van der Waals surface area contributed by atoms with E-state index in [1.807, 2.05) is 52.2 Å². The lowest BCUT2D eigenvalue weighted by atomic mass is 9.97. The molecule has 1 aromatic carbocycles. The van der Waals surface area contributed by atoms with Crippen LogP contribution in [0.4, 0.5) is 0 Å². The molecule has 1 heterocycles. The molecule has 0 fully saturated rings. The van der Waals surface area contributed by atoms with Crippen molar-refractivity contribution in [1.82, 2.24) is 10.3 Å². The number of halogens is 1. The van der Waals surface area contributed by atoms with Crippen LogP contribution in [0.25, 0.3) is 10.9 Å². The maximum atomic E-state index is 12.1. The topological polar surface area (TPSA) is 54.1 Å². The molecule has 0 saturated heterocycles. The zero-order valence-corrected chi connectivity index (χ0v) is 13.8. The highest BCUT2D eigenvalue weighted by atomic mass is 35.5. The fourth-order valence-electron chi connectivity index (χ4n) is 2.01. The monoisotopic (exact) mass is 310 g/mol. The molecule has 1 aromatic heterocycles. The number of esters is 1. The Morgan fingerprint density at radius 3 is 2.67 bits per heavy atom. The molecule has 21 heavy (non-hydrogen) atoms. The average molecular weight is 311 g/mol. The molecule has 5 heteroatoms. The van der Waals surface area contributed by atoms with Gasteiger partial charge in [0.05, 0.1) is 5.41 Å². The molecule has 0 atom stereocenters. The van der Waals surface area contributed by atoms with Crippen molar-refractivity contribution in [2.45, 2.75) is 27.2 Å². The van der Waals surface area contributed by atoms with Crippen LogP contribution in [0.3, 0.4) is 0 Å². The third kappa shape index (κ3) is 3.99. The van der Waals surface area contributed by atoms with Gasteiger partial charge in [0.1, 0.15) is 5.75 Å². The van der Waals surface area contributed by atoms with Gasteiger partial charge in [0.25, 0.3) is 0 Å². The Labute approximate surface area is 131 Å². The second-order valence-electron chi connectivity index (χ2n) is 5.99. The number of H-pyrrole nitrogens is 1. The van der Waals surface area contributed by atoms with Gasteiger partial charge in [-0.15, -0.1) is 12.4 Å². The first-order chi connectivity index (χ1) is 9.43. The van der Waals surface area contributed by atoms with Crippen molar-refractivity contribution >= 4 is 29.3 Å². The van der Waals surface area contributed by atoms with Gasteiger partial charge in [-0.05, 0) is 58.5 Å². The highest BCUT2D eigenvalue weighted by Crippen LogP contribution is 2.30. The standard InChI is InChI=1S/C16H22N2O2.ClH/c1-16(2,3)15(19)20-13-7-5-6-12-14(13)11(10-18-12)8-9-17-4;/h5-7,10,17-18H,8-9H2,1-4H3;1H. The Bertz CT molecular complexity index is 614. The number of aromatic nitrogens is 1. The van der Waals surface area contributed by atoms with Crippen molar-refractivity contribution in [3.63, 3.8) is 0 Å². The van der Waals surface area contributed by atoms with Gasteiger partial charge >= 0.3 is 5.97 Å². The van der Waals surface area contributed by atoms with E-state index in [-0.39, 0.29) is 18.4 Å². The van der Waals surface area contributed by atoms with Crippen LogP contribution in [0.5, 0.6) is 5.75 Å². The zero-order chi connectivity index (χ0) is 14.8. The van der Waals surface area contributed by atoms with Crippen molar-refractivity contribution in [1.29, 1.82) is 0 Å². The molecule has 2 rings (SSSR count). The van der Waals surface area contributed by atoms with Crippen LogP contribution in [0.15, 0.2) is 24.4 Å². The van der Waals surface area contributed by atoms with Crippen LogP contribution in [0.2, 0.25) is 0 Å². The Hall–Kier alpha value is -1.52. The predicted molar refractivity (Wildman–Crippen MR) is 88.3 cm³/mol. The molecule has 0 aliphatic carbocycles. The van der Waals surface area contributed by atoms with E-state index in [1.54, 1.807) is 0 Å². The van der Waals surface area contributed by atoms with Crippen molar-refractivity contribution in [3.8, 4) is 5.75 Å². The molecule has 116 valence electrons. The van der Waals surface area contributed by atoms with Gasteiger partial charge in [0.2, 0.25) is 0 Å². The molecule has 0 bridgehead atoms. The molecular weight excluding hydrogens is 288 g/mol. The minimum Gasteiger partial charge on any atom is -0.425 e. The highest BCUT2D eigenvalue weighted by Gasteiger charge is 2.24. The third-order valence-corrected chi connectivity index (χ3v) is 3.21. The Morgan fingerprint density at radius 1 is 1.33 bits per heavy atom. The lowest BCUT2D eigenvalue weighted by Crippen LogP contribution is -2.25. The van der Waals surface area contributed by atoms with Crippen molar-refractivity contribution < 1.29 is 9.53 Å². The van der Waals surface area contributed by atoms with E-state index in [4.69, 9.17) is 4.74 Å². The Morgan fingerprint density at radius 2 is 2.05 bits per heavy atom. The summed E-state index contributed by atoms with van der Waals surface area (Å²) in [4.78, 5) is 15.3. The number of fused-ring (bicyclic) bond motifs is 1. The fourth-order valence-corrected chi connectivity index (χ4v) is 2.01. The number of aromatic amines is 1. The Balaban J connectivity index is 0.00000220. The maximum Gasteiger partial charge on any atom is 0.316 e. The average Bonchev–Trinajstić information content (AvgIpc) is 2.79. The van der Waals surface area contributed by atoms with Gasteiger partial charge in [-0.2, -0.15) is 0 Å². The molecule has 4 nitrogen and oxygen atoms in total. The van der Waals surface area contributed by atoms with E-state index in [0.717, 1.165) is 29.4 Å². The number of benzene rings is 1. The summed E-state index contributed by atoms with van der Waals surface area (Å²) in [5.41, 5.74) is 1.64. The zero-order valence-electron chi connectivity index (χ0n) is 12.9. The number of likely N-dealkylation sites (N-methyl/N-ethyl adjacent to an activating group) is 1. The molecule has 0 amide bonds. The molecule has 2 N–H and O–H groups in total. The summed E-state index contributed by atoms with van der Waals surface area (Å²) in [6.07, 6.45) is 2.87. The van der Waals surface area contributed by atoms with Crippen LogP contribution in [-0.4, -0.2) is 24.5 Å². The second-order valence-corrected chi connectivity index (χ2v) is 5.99. The summed E-state index contributed by atoms with van der Waals surface area (Å²) < 4.78 is 5.59. The van der Waals surface area contributed by atoms with Crippen LogP contribution in [0, 0.1) is 5.41 Å². The summed E-state index contributed by atoms with van der Waals surface area (Å²) in [5, 5.41) is 4.13. The molecule has 0 saturated carbocycles. The second kappa shape index (κ2) is 6.96. The van der Waals surface area contributed by atoms with Crippen LogP contribution >= 0.6 is 12.4 Å². The van der Waals surface area contributed by atoms with Gasteiger partial charge in [-0.25, -0.2) is 0 Å². The molecule has 0 aliphatic heterocycles. The van der Waals surface area contributed by atoms with E-state index in [1.165, 1.54) is 0 Å². The van der Waals surface area contributed by atoms with E-state index in [2.05, 4.69) is 10.3 Å². The van der Waals surface area contributed by atoms with Crippen molar-refractivity contribution in [2.24, 2.45) is 5.41 Å². The Kier molecular flexibility index (Phi) is 5.81. The van der Waals surface area contributed by atoms with E-state index < -0.39 is 5.41 Å². The van der Waals surface area contributed by atoms with E-state index in [0.29, 0.717) is 5.75 Å². The number of nitrogens with one attached hydrogen (secondary N) is 2.